The minimum absolute atomic E-state index is 0.00519. The molecular formula is C35H28F5N7O5S3. The van der Waals surface area contributed by atoms with Crippen LogP contribution in [0, 0.1) is 29.1 Å². The molecule has 2 aromatic heterocycles. The summed E-state index contributed by atoms with van der Waals surface area (Å²) in [4.78, 5) is 50.6. The first-order valence-corrected chi connectivity index (χ1v) is 19.0. The first kappa shape index (κ1) is 36.4. The maximum absolute atomic E-state index is 15.5. The molecule has 0 saturated carbocycles. The number of halogens is 5. The number of nitrogens with one attached hydrogen (secondary N) is 3. The highest BCUT2D eigenvalue weighted by atomic mass is 32.2. The van der Waals surface area contributed by atoms with Gasteiger partial charge in [0, 0.05) is 38.3 Å². The van der Waals surface area contributed by atoms with Gasteiger partial charge >= 0.3 is 16.2 Å². The Hall–Kier alpha value is -5.57. The molecule has 2 atom stereocenters. The molecule has 286 valence electrons. The molecule has 6 rings (SSSR count). The van der Waals surface area contributed by atoms with Gasteiger partial charge in [0.15, 0.2) is 5.82 Å². The Morgan fingerprint density at radius 3 is 1.93 bits per heavy atom. The molecule has 0 saturated heterocycles. The Kier molecular flexibility index (Phi) is 10.6. The highest BCUT2D eigenvalue weighted by Crippen LogP contribution is 2.29. The zero-order valence-corrected chi connectivity index (χ0v) is 30.8. The van der Waals surface area contributed by atoms with Crippen molar-refractivity contribution >= 4 is 82.5 Å². The van der Waals surface area contributed by atoms with Crippen molar-refractivity contribution in [3.8, 4) is 0 Å². The Bertz CT molecular complexity index is 2630. The molecule has 0 fully saturated rings. The molecule has 0 aliphatic rings. The van der Waals surface area contributed by atoms with Gasteiger partial charge < -0.3 is 15.1 Å². The lowest BCUT2D eigenvalue weighted by Crippen LogP contribution is -2.57. The SMILES string of the molecule is [2H]c1nc2cc(N(C)C(=O)[C@H](Cc3cc(F)cc(F)c3)NS(=O)(=O)NC(=O)N[C@@H](Cc3cc(F)cc(F)c3)C(=O)N(C)c3ccc4sc([2H])nc4c3F)ccc2s1. The minimum atomic E-state index is -5.08. The summed E-state index contributed by atoms with van der Waals surface area (Å²) in [7, 11) is -2.68. The molecule has 0 spiro atoms. The van der Waals surface area contributed by atoms with Crippen LogP contribution in [-0.2, 0) is 32.6 Å². The van der Waals surface area contributed by atoms with E-state index in [4.69, 9.17) is 2.74 Å². The number of hydrogen-bond acceptors (Lipinski definition) is 9. The summed E-state index contributed by atoms with van der Waals surface area (Å²) >= 11 is 1.95. The van der Waals surface area contributed by atoms with Crippen LogP contribution < -0.4 is 24.6 Å². The number of carbonyl (C=O) groups is 3. The Labute approximate surface area is 320 Å². The third-order valence-corrected chi connectivity index (χ3v) is 10.7. The average Bonchev–Trinajstić information content (AvgIpc) is 3.69. The summed E-state index contributed by atoms with van der Waals surface area (Å²) in [5.41, 5.74) is -0.470. The summed E-state index contributed by atoms with van der Waals surface area (Å²) in [5, 5.41) is 2.12. The summed E-state index contributed by atoms with van der Waals surface area (Å²) < 4.78 is 119. The van der Waals surface area contributed by atoms with Crippen molar-refractivity contribution in [2.75, 3.05) is 23.9 Å². The fourth-order valence-corrected chi connectivity index (χ4v) is 7.77. The molecule has 0 radical (unpaired) electrons. The highest BCUT2D eigenvalue weighted by Gasteiger charge is 2.32. The number of nitrogens with zero attached hydrogens (tertiary/aromatic N) is 4. The fraction of sp³-hybridized carbons (Fsp3) is 0.171. The van der Waals surface area contributed by atoms with Crippen LogP contribution >= 0.6 is 22.7 Å². The minimum Gasteiger partial charge on any atom is -0.325 e. The molecule has 2 heterocycles. The first-order chi connectivity index (χ1) is 26.8. The molecular weight excluding hydrogens is 790 g/mol. The van der Waals surface area contributed by atoms with E-state index in [1.54, 1.807) is 10.8 Å². The molecule has 0 aliphatic heterocycles. The zero-order valence-electron chi connectivity index (χ0n) is 30.4. The van der Waals surface area contributed by atoms with E-state index >= 15 is 4.39 Å². The topological polar surface area (TPSA) is 154 Å². The van der Waals surface area contributed by atoms with Gasteiger partial charge in [-0.3, -0.25) is 9.59 Å². The molecule has 4 aromatic carbocycles. The zero-order chi connectivity index (χ0) is 41.3. The van der Waals surface area contributed by atoms with Gasteiger partial charge in [-0.25, -0.2) is 41.4 Å². The molecule has 4 amide bonds. The second kappa shape index (κ2) is 16.0. The van der Waals surface area contributed by atoms with Crippen LogP contribution in [0.4, 0.5) is 38.1 Å². The van der Waals surface area contributed by atoms with Crippen LogP contribution in [0.15, 0.2) is 77.7 Å². The van der Waals surface area contributed by atoms with Crippen molar-refractivity contribution in [3.05, 3.63) is 118 Å². The number of aromatic nitrogens is 2. The van der Waals surface area contributed by atoms with E-state index in [0.29, 0.717) is 27.0 Å². The number of likely N-dealkylation sites (N-methyl/N-ethyl adjacent to an activating group) is 2. The number of rotatable bonds is 12. The van der Waals surface area contributed by atoms with E-state index in [1.165, 1.54) is 31.3 Å². The van der Waals surface area contributed by atoms with Crippen molar-refractivity contribution < 1.29 is 47.5 Å². The van der Waals surface area contributed by atoms with E-state index in [-0.39, 0.29) is 39.0 Å². The van der Waals surface area contributed by atoms with Gasteiger partial charge in [0.2, 0.25) is 11.8 Å². The van der Waals surface area contributed by atoms with Crippen molar-refractivity contribution in [1.82, 2.24) is 24.7 Å². The Balaban J connectivity index is 1.26. The van der Waals surface area contributed by atoms with E-state index in [9.17, 15) is 40.4 Å². The lowest BCUT2D eigenvalue weighted by Gasteiger charge is -2.26. The van der Waals surface area contributed by atoms with Crippen molar-refractivity contribution in [2.45, 2.75) is 24.9 Å². The summed E-state index contributed by atoms with van der Waals surface area (Å²) in [5.74, 6) is -7.11. The number of amides is 4. The number of thiazole rings is 2. The molecule has 55 heavy (non-hydrogen) atoms. The van der Waals surface area contributed by atoms with Gasteiger partial charge in [0.1, 0.15) is 40.9 Å². The maximum Gasteiger partial charge on any atom is 0.330 e. The number of anilines is 2. The van der Waals surface area contributed by atoms with Crippen molar-refractivity contribution in [3.63, 3.8) is 0 Å². The largest absolute Gasteiger partial charge is 0.330 e. The normalized spacial score (nSPS) is 13.2. The summed E-state index contributed by atoms with van der Waals surface area (Å²) in [6.45, 7) is 0. The first-order valence-electron chi connectivity index (χ1n) is 16.8. The van der Waals surface area contributed by atoms with Crippen LogP contribution in [0.5, 0.6) is 0 Å². The molecule has 12 nitrogen and oxygen atoms in total. The standard InChI is InChI=1S/C35H28F5N7O5S3/c1-46(24-3-5-29-25(15-24)41-16-53-29)34(49)27(12-19-9-22(38)14-23(39)10-19)44-55(51,52)45-35(50)43-26(11-18-7-20(36)13-21(37)8-18)33(48)47(2)28-4-6-30-32(31(28)40)42-17-54-30/h3-10,13-17,26-27,44H,11-12H2,1-2H3,(H2,43,45,50)/t26-,27-/m0/s1/i16D,17D. The molecule has 0 bridgehead atoms. The number of benzene rings is 4. The van der Waals surface area contributed by atoms with Crippen LogP contribution in [0.3, 0.4) is 0 Å². The third-order valence-electron chi connectivity index (χ3n) is 8.20. The predicted octanol–water partition coefficient (Wildman–Crippen LogP) is 5.58. The van der Waals surface area contributed by atoms with Crippen LogP contribution in [0.2, 0.25) is 0 Å². The number of carbonyl (C=O) groups excluding carboxylic acids is 3. The van der Waals surface area contributed by atoms with E-state index in [2.05, 4.69) is 15.3 Å². The average molecular weight is 820 g/mol. The number of urea groups is 1. The summed E-state index contributed by atoms with van der Waals surface area (Å²) in [6.07, 6.45) is -1.25. The summed E-state index contributed by atoms with van der Waals surface area (Å²) in [6, 6.07) is 6.57. The van der Waals surface area contributed by atoms with Gasteiger partial charge in [-0.05, 0) is 72.1 Å². The lowest BCUT2D eigenvalue weighted by molar-refractivity contribution is -0.120. The van der Waals surface area contributed by atoms with Gasteiger partial charge in [0.05, 0.1) is 34.3 Å². The molecule has 0 aliphatic carbocycles. The van der Waals surface area contributed by atoms with Gasteiger partial charge in [-0.15, -0.1) is 22.7 Å². The number of hydrogen-bond donors (Lipinski definition) is 3. The van der Waals surface area contributed by atoms with Crippen LogP contribution in [0.25, 0.3) is 20.4 Å². The highest BCUT2D eigenvalue weighted by molar-refractivity contribution is 7.88. The van der Waals surface area contributed by atoms with Gasteiger partial charge in [-0.2, -0.15) is 13.1 Å². The molecule has 6 aromatic rings. The molecule has 0 unspecified atom stereocenters. The molecule has 20 heteroatoms. The van der Waals surface area contributed by atoms with E-state index in [1.807, 2.05) is 4.72 Å². The fourth-order valence-electron chi connectivity index (χ4n) is 5.66. The smallest absolute Gasteiger partial charge is 0.325 e. The van der Waals surface area contributed by atoms with Crippen molar-refractivity contribution in [1.29, 1.82) is 0 Å². The lowest BCUT2D eigenvalue weighted by atomic mass is 10.0. The Morgan fingerprint density at radius 1 is 0.745 bits per heavy atom. The van der Waals surface area contributed by atoms with E-state index in [0.717, 1.165) is 63.8 Å². The van der Waals surface area contributed by atoms with Gasteiger partial charge in [0.25, 0.3) is 0 Å². The second-order valence-corrected chi connectivity index (χ2v) is 15.2. The van der Waals surface area contributed by atoms with Crippen LogP contribution in [-0.4, -0.2) is 62.4 Å². The monoisotopic (exact) mass is 819 g/mol. The second-order valence-electron chi connectivity index (χ2n) is 12.1. The number of fused-ring (bicyclic) bond motifs is 2. The predicted molar refractivity (Wildman–Crippen MR) is 197 cm³/mol. The van der Waals surface area contributed by atoms with E-state index < -0.39 is 82.1 Å². The third kappa shape index (κ3) is 9.22. The quantitative estimate of drug-likeness (QED) is 0.136. The maximum atomic E-state index is 15.5. The van der Waals surface area contributed by atoms with Gasteiger partial charge in [-0.1, -0.05) is 0 Å². The van der Waals surface area contributed by atoms with Crippen LogP contribution in [0.1, 0.15) is 13.9 Å². The molecule has 3 N–H and O–H groups in total. The van der Waals surface area contributed by atoms with Crippen molar-refractivity contribution in [2.24, 2.45) is 0 Å². The Morgan fingerprint density at radius 2 is 1.29 bits per heavy atom.